The van der Waals surface area contributed by atoms with Crippen LogP contribution >= 0.6 is 34.8 Å². The number of anilines is 1. The maximum atomic E-state index is 13.3. The number of amides is 1. The number of hydrogen-bond acceptors (Lipinski definition) is 5. The molecule has 0 aromatic heterocycles. The van der Waals surface area contributed by atoms with Crippen LogP contribution < -0.4 is 14.4 Å². The van der Waals surface area contributed by atoms with E-state index in [0.29, 0.717) is 51.8 Å². The lowest BCUT2D eigenvalue weighted by atomic mass is 10.00. The van der Waals surface area contributed by atoms with Crippen LogP contribution in [0.5, 0.6) is 11.5 Å². The van der Waals surface area contributed by atoms with Crippen LogP contribution in [0.15, 0.2) is 60.7 Å². The van der Waals surface area contributed by atoms with E-state index in [-0.39, 0.29) is 18.7 Å². The summed E-state index contributed by atoms with van der Waals surface area (Å²) in [6.45, 7) is 1.43. The molecule has 0 aliphatic carbocycles. The number of carbonyl (C=O) groups is 1. The molecular weight excluding hydrogens is 499 g/mol. The molecule has 2 aliphatic heterocycles. The zero-order valence-corrected chi connectivity index (χ0v) is 20.2. The Morgan fingerprint density at radius 3 is 2.41 bits per heavy atom. The number of rotatable bonds is 4. The van der Waals surface area contributed by atoms with Gasteiger partial charge in [0, 0.05) is 29.7 Å². The predicted molar refractivity (Wildman–Crippen MR) is 132 cm³/mol. The van der Waals surface area contributed by atoms with E-state index >= 15 is 0 Å². The Hall–Kier alpha value is -2.64. The molecule has 2 heterocycles. The molecule has 176 valence electrons. The summed E-state index contributed by atoms with van der Waals surface area (Å²) in [6, 6.07) is 17.7. The van der Waals surface area contributed by atoms with Crippen LogP contribution in [0.2, 0.25) is 15.1 Å². The molecule has 34 heavy (non-hydrogen) atoms. The summed E-state index contributed by atoms with van der Waals surface area (Å²) < 4.78 is 10.7. The van der Waals surface area contributed by atoms with Crippen LogP contribution in [0.25, 0.3) is 0 Å². The van der Waals surface area contributed by atoms with Gasteiger partial charge in [0.2, 0.25) is 6.79 Å². The number of aliphatic hydroxyl groups is 1. The van der Waals surface area contributed by atoms with Crippen LogP contribution in [0.1, 0.15) is 23.3 Å². The third-order valence-corrected chi connectivity index (χ3v) is 6.90. The number of halogens is 3. The van der Waals surface area contributed by atoms with E-state index < -0.39 is 6.10 Å². The second kappa shape index (κ2) is 9.55. The van der Waals surface area contributed by atoms with Gasteiger partial charge in [-0.3, -0.25) is 4.79 Å². The minimum atomic E-state index is -1.31. The highest BCUT2D eigenvalue weighted by Gasteiger charge is 2.34. The lowest BCUT2D eigenvalue weighted by Gasteiger charge is -2.44. The molecule has 0 radical (unpaired) electrons. The van der Waals surface area contributed by atoms with E-state index in [9.17, 15) is 9.90 Å². The van der Waals surface area contributed by atoms with Crippen molar-refractivity contribution in [1.82, 2.24) is 4.90 Å². The summed E-state index contributed by atoms with van der Waals surface area (Å²) in [5.41, 5.74) is 2.26. The van der Waals surface area contributed by atoms with Gasteiger partial charge in [-0.1, -0.05) is 53.0 Å². The Balaban J connectivity index is 1.42. The molecule has 3 aromatic carbocycles. The minimum absolute atomic E-state index is 0.126. The summed E-state index contributed by atoms with van der Waals surface area (Å²) in [6.07, 6.45) is -1.31. The normalized spacial score (nSPS) is 18.2. The molecule has 0 saturated carbocycles. The van der Waals surface area contributed by atoms with Crippen molar-refractivity contribution in [2.75, 3.05) is 31.3 Å². The summed E-state index contributed by atoms with van der Waals surface area (Å²) in [5, 5.41) is 12.6. The molecule has 5 rings (SSSR count). The fraction of sp³-hybridized carbons (Fsp3) is 0.240. The predicted octanol–water partition coefficient (Wildman–Crippen LogP) is 5.50. The molecule has 0 spiro atoms. The van der Waals surface area contributed by atoms with E-state index in [4.69, 9.17) is 44.3 Å². The zero-order valence-electron chi connectivity index (χ0n) is 18.0. The smallest absolute Gasteiger partial charge is 0.256 e. The van der Waals surface area contributed by atoms with E-state index in [1.54, 1.807) is 35.2 Å². The first-order chi connectivity index (χ1) is 16.4. The highest BCUT2D eigenvalue weighted by molar-refractivity contribution is 6.36. The maximum absolute atomic E-state index is 13.3. The van der Waals surface area contributed by atoms with Gasteiger partial charge in [0.25, 0.3) is 5.91 Å². The van der Waals surface area contributed by atoms with Crippen molar-refractivity contribution in [2.45, 2.75) is 12.1 Å². The molecular formula is C25H21Cl3N2O4. The van der Waals surface area contributed by atoms with Gasteiger partial charge in [-0.05, 0) is 53.6 Å². The van der Waals surface area contributed by atoms with Crippen LogP contribution in [-0.4, -0.2) is 42.3 Å². The lowest BCUT2D eigenvalue weighted by molar-refractivity contribution is -0.141. The number of aliphatic hydroxyl groups excluding tert-OH is 1. The minimum Gasteiger partial charge on any atom is -0.454 e. The Labute approximate surface area is 212 Å². The number of ether oxygens (including phenoxy) is 2. The van der Waals surface area contributed by atoms with Gasteiger partial charge < -0.3 is 24.4 Å². The third kappa shape index (κ3) is 4.51. The Morgan fingerprint density at radius 2 is 1.65 bits per heavy atom. The second-order valence-corrected chi connectivity index (χ2v) is 9.44. The summed E-state index contributed by atoms with van der Waals surface area (Å²) in [4.78, 5) is 17.1. The SMILES string of the molecule is O=C(C(O)c1ccc2c(c1)OCO2)N1CCN(c2ccc(Cl)cc2Cl)C(c2ccc(Cl)cc2)C1. The molecule has 2 unspecified atom stereocenters. The average molecular weight is 520 g/mol. The van der Waals surface area contributed by atoms with E-state index in [2.05, 4.69) is 4.90 Å². The van der Waals surface area contributed by atoms with Crippen molar-refractivity contribution in [3.8, 4) is 11.5 Å². The van der Waals surface area contributed by atoms with Gasteiger partial charge >= 0.3 is 0 Å². The lowest BCUT2D eigenvalue weighted by Crippen LogP contribution is -2.51. The van der Waals surface area contributed by atoms with Crippen molar-refractivity contribution in [2.24, 2.45) is 0 Å². The molecule has 2 aliphatic rings. The van der Waals surface area contributed by atoms with Crippen LogP contribution in [-0.2, 0) is 4.79 Å². The average Bonchev–Trinajstić information content (AvgIpc) is 3.31. The fourth-order valence-electron chi connectivity index (χ4n) is 4.35. The summed E-state index contributed by atoms with van der Waals surface area (Å²) in [7, 11) is 0. The van der Waals surface area contributed by atoms with E-state index in [1.165, 1.54) is 0 Å². The largest absolute Gasteiger partial charge is 0.454 e. The van der Waals surface area contributed by atoms with Crippen molar-refractivity contribution in [3.05, 3.63) is 86.9 Å². The number of benzene rings is 3. The standard InChI is InChI=1S/C25H21Cl3N2O4/c26-17-4-1-15(2-5-17)21-13-29(9-10-30(21)20-7-6-18(27)12-19(20)28)25(32)24(31)16-3-8-22-23(11-16)34-14-33-22/h1-8,11-12,21,24,31H,9-10,13-14H2. The molecule has 3 aromatic rings. The van der Waals surface area contributed by atoms with Crippen LogP contribution in [0.4, 0.5) is 5.69 Å². The quantitative estimate of drug-likeness (QED) is 0.493. The van der Waals surface area contributed by atoms with Gasteiger partial charge in [-0.2, -0.15) is 0 Å². The Bertz CT molecular complexity index is 1220. The molecule has 9 heteroatoms. The van der Waals surface area contributed by atoms with Gasteiger partial charge in [0.05, 0.1) is 16.8 Å². The van der Waals surface area contributed by atoms with Crippen molar-refractivity contribution in [3.63, 3.8) is 0 Å². The molecule has 6 nitrogen and oxygen atoms in total. The number of hydrogen-bond donors (Lipinski definition) is 1. The number of carbonyl (C=O) groups excluding carboxylic acids is 1. The topological polar surface area (TPSA) is 62.2 Å². The van der Waals surface area contributed by atoms with Gasteiger partial charge in [0.15, 0.2) is 17.6 Å². The molecule has 1 amide bonds. The molecule has 1 N–H and O–H groups in total. The summed E-state index contributed by atoms with van der Waals surface area (Å²) >= 11 is 18.7. The van der Waals surface area contributed by atoms with E-state index in [1.807, 2.05) is 30.3 Å². The zero-order chi connectivity index (χ0) is 23.8. The third-order valence-electron chi connectivity index (χ3n) is 6.11. The van der Waals surface area contributed by atoms with Gasteiger partial charge in [-0.15, -0.1) is 0 Å². The van der Waals surface area contributed by atoms with Gasteiger partial charge in [-0.25, -0.2) is 0 Å². The molecule has 1 fully saturated rings. The first-order valence-corrected chi connectivity index (χ1v) is 11.9. The van der Waals surface area contributed by atoms with Crippen LogP contribution in [0, 0.1) is 0 Å². The number of piperazine rings is 1. The second-order valence-electron chi connectivity index (χ2n) is 8.16. The number of nitrogens with zero attached hydrogens (tertiary/aromatic N) is 2. The van der Waals surface area contributed by atoms with Crippen molar-refractivity contribution in [1.29, 1.82) is 0 Å². The van der Waals surface area contributed by atoms with Crippen molar-refractivity contribution >= 4 is 46.4 Å². The molecule has 1 saturated heterocycles. The Morgan fingerprint density at radius 1 is 0.912 bits per heavy atom. The van der Waals surface area contributed by atoms with E-state index in [0.717, 1.165) is 11.3 Å². The molecule has 0 bridgehead atoms. The fourth-order valence-corrected chi connectivity index (χ4v) is 5.00. The first-order valence-electron chi connectivity index (χ1n) is 10.7. The van der Waals surface area contributed by atoms with Gasteiger partial charge in [0.1, 0.15) is 0 Å². The number of fused-ring (bicyclic) bond motifs is 1. The van der Waals surface area contributed by atoms with Crippen molar-refractivity contribution < 1.29 is 19.4 Å². The Kier molecular flexibility index (Phi) is 6.49. The highest BCUT2D eigenvalue weighted by atomic mass is 35.5. The monoisotopic (exact) mass is 518 g/mol. The molecule has 2 atom stereocenters. The summed E-state index contributed by atoms with van der Waals surface area (Å²) in [5.74, 6) is 0.741. The highest BCUT2D eigenvalue weighted by Crippen LogP contribution is 2.38. The maximum Gasteiger partial charge on any atom is 0.256 e. The van der Waals surface area contributed by atoms with Crippen LogP contribution in [0.3, 0.4) is 0 Å². The first kappa shape index (κ1) is 23.1.